The van der Waals surface area contributed by atoms with Gasteiger partial charge in [0, 0.05) is 25.6 Å². The van der Waals surface area contributed by atoms with E-state index in [1.165, 1.54) is 38.5 Å². The quantitative estimate of drug-likeness (QED) is 0.585. The van der Waals surface area contributed by atoms with Crippen LogP contribution in [0.25, 0.3) is 0 Å². The first-order valence-electron chi connectivity index (χ1n) is 7.47. The van der Waals surface area contributed by atoms with Gasteiger partial charge in [0.2, 0.25) is 5.91 Å². The second-order valence-electron chi connectivity index (χ2n) is 6.73. The van der Waals surface area contributed by atoms with Crippen LogP contribution in [0.15, 0.2) is 0 Å². The number of rotatable bonds is 5. The van der Waals surface area contributed by atoms with E-state index >= 15 is 0 Å². The van der Waals surface area contributed by atoms with Gasteiger partial charge in [-0.05, 0) is 18.3 Å². The number of carbonyl (C=O) groups is 1. The Morgan fingerprint density at radius 1 is 1.06 bits per heavy atom. The molecule has 0 aromatic rings. The molecule has 0 spiro atoms. The van der Waals surface area contributed by atoms with Crippen LogP contribution in [0.1, 0.15) is 65.7 Å². The van der Waals surface area contributed by atoms with Crippen LogP contribution in [0.5, 0.6) is 0 Å². The monoisotopic (exact) mass is 254 g/mol. The van der Waals surface area contributed by atoms with Crippen molar-refractivity contribution in [1.82, 2.24) is 10.6 Å². The summed E-state index contributed by atoms with van der Waals surface area (Å²) in [5.74, 6) is 0.171. The van der Waals surface area contributed by atoms with Gasteiger partial charge < -0.3 is 10.6 Å². The Morgan fingerprint density at radius 3 is 2.22 bits per heavy atom. The summed E-state index contributed by atoms with van der Waals surface area (Å²) in [5, 5.41) is 6.56. The number of hydrogen-bond acceptors (Lipinski definition) is 2. The van der Waals surface area contributed by atoms with Gasteiger partial charge in [0.25, 0.3) is 0 Å². The molecule has 2 N–H and O–H groups in total. The Labute approximate surface area is 112 Å². The molecule has 0 heterocycles. The molecular formula is C15H30N2O. The summed E-state index contributed by atoms with van der Waals surface area (Å²) in [4.78, 5) is 11.6. The zero-order chi connectivity index (χ0) is 13.4. The summed E-state index contributed by atoms with van der Waals surface area (Å²) in [6.07, 6.45) is 8.70. The highest BCUT2D eigenvalue weighted by Crippen LogP contribution is 2.18. The van der Waals surface area contributed by atoms with Crippen molar-refractivity contribution < 1.29 is 4.79 Å². The molecule has 0 unspecified atom stereocenters. The van der Waals surface area contributed by atoms with Crippen molar-refractivity contribution in [3.8, 4) is 0 Å². The zero-order valence-corrected chi connectivity index (χ0v) is 12.3. The standard InChI is InChI=1S/C15H30N2O/c1-15(2,3)12-14(18)17-11-10-16-13-8-6-4-5-7-9-13/h13,16H,4-12H2,1-3H3,(H,17,18). The molecule has 1 rings (SSSR count). The van der Waals surface area contributed by atoms with E-state index in [0.717, 1.165) is 13.1 Å². The van der Waals surface area contributed by atoms with Crippen molar-refractivity contribution in [2.24, 2.45) is 5.41 Å². The van der Waals surface area contributed by atoms with Crippen molar-refractivity contribution in [3.63, 3.8) is 0 Å². The molecule has 0 aromatic carbocycles. The highest BCUT2D eigenvalue weighted by Gasteiger charge is 2.15. The Bertz CT molecular complexity index is 237. The first kappa shape index (κ1) is 15.5. The fraction of sp³-hybridized carbons (Fsp3) is 0.933. The molecule has 3 nitrogen and oxygen atoms in total. The van der Waals surface area contributed by atoms with E-state index in [9.17, 15) is 4.79 Å². The minimum absolute atomic E-state index is 0.0821. The summed E-state index contributed by atoms with van der Waals surface area (Å²) >= 11 is 0. The van der Waals surface area contributed by atoms with Gasteiger partial charge in [0.1, 0.15) is 0 Å². The third kappa shape index (κ3) is 7.70. The van der Waals surface area contributed by atoms with Crippen LogP contribution in [0.4, 0.5) is 0 Å². The Balaban J connectivity index is 2.05. The van der Waals surface area contributed by atoms with Crippen LogP contribution in [-0.4, -0.2) is 25.0 Å². The number of hydrogen-bond donors (Lipinski definition) is 2. The molecule has 0 atom stereocenters. The minimum Gasteiger partial charge on any atom is -0.355 e. The summed E-state index contributed by atoms with van der Waals surface area (Å²) in [6.45, 7) is 7.94. The number of amides is 1. The molecule has 1 amide bonds. The van der Waals surface area contributed by atoms with Gasteiger partial charge in [-0.25, -0.2) is 0 Å². The summed E-state index contributed by atoms with van der Waals surface area (Å²) in [7, 11) is 0. The average Bonchev–Trinajstić information content (AvgIpc) is 2.50. The molecular weight excluding hydrogens is 224 g/mol. The molecule has 0 aromatic heterocycles. The maximum Gasteiger partial charge on any atom is 0.220 e. The fourth-order valence-corrected chi connectivity index (χ4v) is 2.51. The highest BCUT2D eigenvalue weighted by molar-refractivity contribution is 5.76. The summed E-state index contributed by atoms with van der Waals surface area (Å²) in [5.41, 5.74) is 0.0821. The van der Waals surface area contributed by atoms with Crippen LogP contribution in [0.2, 0.25) is 0 Å². The SMILES string of the molecule is CC(C)(C)CC(=O)NCCNC1CCCCCC1. The average molecular weight is 254 g/mol. The topological polar surface area (TPSA) is 41.1 Å². The predicted octanol–water partition coefficient (Wildman–Crippen LogP) is 2.85. The largest absolute Gasteiger partial charge is 0.355 e. The first-order chi connectivity index (χ1) is 8.47. The maximum atomic E-state index is 11.6. The van der Waals surface area contributed by atoms with Crippen LogP contribution in [0.3, 0.4) is 0 Å². The molecule has 0 radical (unpaired) electrons. The van der Waals surface area contributed by atoms with Crippen LogP contribution in [-0.2, 0) is 4.79 Å². The van der Waals surface area contributed by atoms with Crippen LogP contribution >= 0.6 is 0 Å². The first-order valence-corrected chi connectivity index (χ1v) is 7.47. The molecule has 0 bridgehead atoms. The van der Waals surface area contributed by atoms with E-state index in [4.69, 9.17) is 0 Å². The van der Waals surface area contributed by atoms with Crippen molar-refractivity contribution in [1.29, 1.82) is 0 Å². The molecule has 1 aliphatic carbocycles. The Kier molecular flexibility index (Phi) is 6.69. The number of carbonyl (C=O) groups excluding carboxylic acids is 1. The van der Waals surface area contributed by atoms with E-state index in [1.54, 1.807) is 0 Å². The lowest BCUT2D eigenvalue weighted by atomic mass is 9.92. The minimum atomic E-state index is 0.0821. The van der Waals surface area contributed by atoms with E-state index in [-0.39, 0.29) is 11.3 Å². The van der Waals surface area contributed by atoms with Gasteiger partial charge in [-0.3, -0.25) is 4.79 Å². The van der Waals surface area contributed by atoms with Crippen molar-refractivity contribution in [2.45, 2.75) is 71.8 Å². The molecule has 106 valence electrons. The van der Waals surface area contributed by atoms with Crippen molar-refractivity contribution in [3.05, 3.63) is 0 Å². The molecule has 0 saturated heterocycles. The third-order valence-electron chi connectivity index (χ3n) is 3.43. The van der Waals surface area contributed by atoms with E-state index in [2.05, 4.69) is 31.4 Å². The van der Waals surface area contributed by atoms with Crippen LogP contribution in [0, 0.1) is 5.41 Å². The maximum absolute atomic E-state index is 11.6. The van der Waals surface area contributed by atoms with E-state index < -0.39 is 0 Å². The molecule has 0 aliphatic heterocycles. The van der Waals surface area contributed by atoms with Gasteiger partial charge in [-0.2, -0.15) is 0 Å². The lowest BCUT2D eigenvalue weighted by Gasteiger charge is -2.19. The second-order valence-corrected chi connectivity index (χ2v) is 6.73. The predicted molar refractivity (Wildman–Crippen MR) is 76.6 cm³/mol. The second kappa shape index (κ2) is 7.78. The van der Waals surface area contributed by atoms with Crippen LogP contribution < -0.4 is 10.6 Å². The number of nitrogens with one attached hydrogen (secondary N) is 2. The van der Waals surface area contributed by atoms with Gasteiger partial charge >= 0.3 is 0 Å². The van der Waals surface area contributed by atoms with Crippen molar-refractivity contribution >= 4 is 5.91 Å². The highest BCUT2D eigenvalue weighted by atomic mass is 16.1. The summed E-state index contributed by atoms with van der Waals surface area (Å²) < 4.78 is 0. The lowest BCUT2D eigenvalue weighted by molar-refractivity contribution is -0.122. The lowest BCUT2D eigenvalue weighted by Crippen LogP contribution is -2.37. The smallest absolute Gasteiger partial charge is 0.220 e. The molecule has 1 aliphatic rings. The van der Waals surface area contributed by atoms with Gasteiger partial charge in [-0.1, -0.05) is 46.5 Å². The fourth-order valence-electron chi connectivity index (χ4n) is 2.51. The van der Waals surface area contributed by atoms with E-state index in [1.807, 2.05) is 0 Å². The van der Waals surface area contributed by atoms with E-state index in [0.29, 0.717) is 12.5 Å². The normalized spacial score (nSPS) is 18.4. The molecule has 18 heavy (non-hydrogen) atoms. The third-order valence-corrected chi connectivity index (χ3v) is 3.43. The molecule has 3 heteroatoms. The van der Waals surface area contributed by atoms with Gasteiger partial charge in [0.15, 0.2) is 0 Å². The zero-order valence-electron chi connectivity index (χ0n) is 12.3. The molecule has 1 fully saturated rings. The Morgan fingerprint density at radius 2 is 1.67 bits per heavy atom. The Hall–Kier alpha value is -0.570. The van der Waals surface area contributed by atoms with Gasteiger partial charge in [0.05, 0.1) is 0 Å². The molecule has 1 saturated carbocycles. The van der Waals surface area contributed by atoms with Gasteiger partial charge in [-0.15, -0.1) is 0 Å². The summed E-state index contributed by atoms with van der Waals surface area (Å²) in [6, 6.07) is 0.673. The van der Waals surface area contributed by atoms with Crippen molar-refractivity contribution in [2.75, 3.05) is 13.1 Å².